The number of nitrogens with one attached hydrogen (secondary N) is 1. The Bertz CT molecular complexity index is 546. The minimum Gasteiger partial charge on any atom is -0.482 e. The zero-order valence-corrected chi connectivity index (χ0v) is 12.4. The van der Waals surface area contributed by atoms with Gasteiger partial charge in [0.25, 0.3) is 0 Å². The first-order chi connectivity index (χ1) is 10.4. The third kappa shape index (κ3) is 6.12. The molecule has 1 aromatic rings. The van der Waals surface area contributed by atoms with E-state index in [-0.39, 0.29) is 19.6 Å². The maximum absolute atomic E-state index is 11.9. The summed E-state index contributed by atoms with van der Waals surface area (Å²) in [6, 6.07) is 6.04. The van der Waals surface area contributed by atoms with Crippen molar-refractivity contribution >= 4 is 23.7 Å². The van der Waals surface area contributed by atoms with Gasteiger partial charge < -0.3 is 24.8 Å². The first-order valence-electron chi connectivity index (χ1n) is 6.46. The molecule has 0 atom stereocenters. The number of benzene rings is 1. The number of rotatable bonds is 7. The summed E-state index contributed by atoms with van der Waals surface area (Å²) in [5.74, 6) is -1.09. The highest BCUT2D eigenvalue weighted by Crippen LogP contribution is 2.17. The maximum Gasteiger partial charge on any atom is 0.343 e. The Labute approximate surface area is 127 Å². The number of carboxylic acid groups (broad SMARTS) is 1. The average molecular weight is 310 g/mol. The first kappa shape index (κ1) is 17.3. The number of carboxylic acids is 1. The van der Waals surface area contributed by atoms with Gasteiger partial charge in [-0.05, 0) is 12.1 Å². The molecule has 0 aliphatic heterocycles. The lowest BCUT2D eigenvalue weighted by Crippen LogP contribution is -2.33. The number of aliphatic carboxylic acids is 1. The van der Waals surface area contributed by atoms with Crippen molar-refractivity contribution in [2.75, 3.05) is 32.6 Å². The second-order valence-electron chi connectivity index (χ2n) is 4.39. The fraction of sp³-hybridized carbons (Fsp3) is 0.357. The molecule has 8 nitrogen and oxygen atoms in total. The molecule has 22 heavy (non-hydrogen) atoms. The van der Waals surface area contributed by atoms with Crippen molar-refractivity contribution in [1.82, 2.24) is 4.90 Å². The summed E-state index contributed by atoms with van der Waals surface area (Å²) in [5.41, 5.74) is 0.467. The van der Waals surface area contributed by atoms with Gasteiger partial charge in [0.2, 0.25) is 0 Å². The highest BCUT2D eigenvalue weighted by Gasteiger charge is 2.11. The van der Waals surface area contributed by atoms with Crippen LogP contribution in [0.25, 0.3) is 0 Å². The molecule has 0 aliphatic rings. The molecule has 0 bridgehead atoms. The van der Waals surface area contributed by atoms with Gasteiger partial charge in [0.1, 0.15) is 5.75 Å². The lowest BCUT2D eigenvalue weighted by atomic mass is 10.3. The molecule has 8 heteroatoms. The predicted molar refractivity (Wildman–Crippen MR) is 77.9 cm³/mol. The normalized spacial score (nSPS) is 9.73. The van der Waals surface area contributed by atoms with E-state index in [9.17, 15) is 14.4 Å². The summed E-state index contributed by atoms with van der Waals surface area (Å²) < 4.78 is 9.66. The number of anilines is 1. The number of amides is 2. The highest BCUT2D eigenvalue weighted by molar-refractivity contribution is 5.89. The smallest absolute Gasteiger partial charge is 0.343 e. The molecule has 0 aliphatic carbocycles. The molecule has 2 amide bonds. The van der Waals surface area contributed by atoms with E-state index in [0.29, 0.717) is 11.4 Å². The lowest BCUT2D eigenvalue weighted by Gasteiger charge is -2.17. The summed E-state index contributed by atoms with van der Waals surface area (Å²) in [6.45, 7) is -0.133. The van der Waals surface area contributed by atoms with E-state index in [0.717, 1.165) is 0 Å². The number of nitrogens with zero attached hydrogens (tertiary/aromatic N) is 1. The fourth-order valence-corrected chi connectivity index (χ4v) is 1.45. The number of methoxy groups -OCH3 is 1. The number of urea groups is 1. The van der Waals surface area contributed by atoms with Gasteiger partial charge in [0.15, 0.2) is 6.61 Å². The molecule has 1 rings (SSSR count). The Hall–Kier alpha value is -2.77. The number of hydrogen-bond donors (Lipinski definition) is 2. The van der Waals surface area contributed by atoms with E-state index < -0.39 is 18.0 Å². The van der Waals surface area contributed by atoms with Crippen molar-refractivity contribution < 1.29 is 29.0 Å². The van der Waals surface area contributed by atoms with Crippen LogP contribution in [0.2, 0.25) is 0 Å². The van der Waals surface area contributed by atoms with E-state index in [1.165, 1.54) is 19.1 Å². The number of ether oxygens (including phenoxy) is 2. The Morgan fingerprint density at radius 2 is 2.05 bits per heavy atom. The summed E-state index contributed by atoms with van der Waals surface area (Å²) in [7, 11) is 2.76. The van der Waals surface area contributed by atoms with Crippen LogP contribution in [0.15, 0.2) is 24.3 Å². The van der Waals surface area contributed by atoms with E-state index in [1.807, 2.05) is 0 Å². The van der Waals surface area contributed by atoms with Crippen LogP contribution in [-0.4, -0.2) is 55.3 Å². The SMILES string of the molecule is COC(=O)COc1cccc(NC(=O)N(C)CCC(=O)O)c1. The van der Waals surface area contributed by atoms with Gasteiger partial charge in [0.05, 0.1) is 13.5 Å². The van der Waals surface area contributed by atoms with E-state index in [2.05, 4.69) is 10.1 Å². The summed E-state index contributed by atoms with van der Waals surface area (Å²) >= 11 is 0. The van der Waals surface area contributed by atoms with Gasteiger partial charge in [-0.25, -0.2) is 9.59 Å². The Morgan fingerprint density at radius 1 is 1.32 bits per heavy atom. The molecule has 2 N–H and O–H groups in total. The van der Waals surface area contributed by atoms with E-state index in [4.69, 9.17) is 9.84 Å². The van der Waals surface area contributed by atoms with Gasteiger partial charge in [-0.3, -0.25) is 4.79 Å². The van der Waals surface area contributed by atoms with Gasteiger partial charge >= 0.3 is 18.0 Å². The van der Waals surface area contributed by atoms with E-state index >= 15 is 0 Å². The van der Waals surface area contributed by atoms with E-state index in [1.54, 1.807) is 24.3 Å². The molecular formula is C14H18N2O6. The molecule has 1 aromatic carbocycles. The van der Waals surface area contributed by atoms with Crippen molar-refractivity contribution in [3.8, 4) is 5.75 Å². The van der Waals surface area contributed by atoms with Crippen LogP contribution in [0.1, 0.15) is 6.42 Å². The number of esters is 1. The molecule has 0 saturated heterocycles. The molecule has 0 heterocycles. The molecule has 0 unspecified atom stereocenters. The summed E-state index contributed by atoms with van der Waals surface area (Å²) in [5, 5.41) is 11.2. The minimum absolute atomic E-state index is 0.0969. The molecule has 0 saturated carbocycles. The molecular weight excluding hydrogens is 292 g/mol. The first-order valence-corrected chi connectivity index (χ1v) is 6.46. The van der Waals surface area contributed by atoms with Gasteiger partial charge in [0, 0.05) is 25.3 Å². The van der Waals surface area contributed by atoms with Crippen LogP contribution < -0.4 is 10.1 Å². The molecule has 0 spiro atoms. The Morgan fingerprint density at radius 3 is 2.68 bits per heavy atom. The third-order valence-electron chi connectivity index (χ3n) is 2.68. The average Bonchev–Trinajstić information content (AvgIpc) is 2.50. The van der Waals surface area contributed by atoms with Crippen LogP contribution in [0.3, 0.4) is 0 Å². The second-order valence-corrected chi connectivity index (χ2v) is 4.39. The van der Waals surface area contributed by atoms with Crippen LogP contribution in [0.4, 0.5) is 10.5 Å². The number of carbonyl (C=O) groups excluding carboxylic acids is 2. The van der Waals surface area contributed by atoms with Crippen LogP contribution in [-0.2, 0) is 14.3 Å². The number of hydrogen-bond acceptors (Lipinski definition) is 5. The van der Waals surface area contributed by atoms with Gasteiger partial charge in [-0.2, -0.15) is 0 Å². The van der Waals surface area contributed by atoms with Gasteiger partial charge in [-0.1, -0.05) is 6.07 Å². The largest absolute Gasteiger partial charge is 0.482 e. The third-order valence-corrected chi connectivity index (χ3v) is 2.68. The van der Waals surface area contributed by atoms with Crippen molar-refractivity contribution in [3.05, 3.63) is 24.3 Å². The van der Waals surface area contributed by atoms with Crippen molar-refractivity contribution in [1.29, 1.82) is 0 Å². The zero-order valence-electron chi connectivity index (χ0n) is 12.4. The van der Waals surface area contributed by atoms with Crippen LogP contribution >= 0.6 is 0 Å². The number of carbonyl (C=O) groups is 3. The summed E-state index contributed by atoms with van der Waals surface area (Å²) in [6.07, 6.45) is -0.133. The zero-order chi connectivity index (χ0) is 16.5. The molecule has 0 aromatic heterocycles. The Balaban J connectivity index is 2.56. The highest BCUT2D eigenvalue weighted by atomic mass is 16.6. The molecule has 0 radical (unpaired) electrons. The van der Waals surface area contributed by atoms with Crippen LogP contribution in [0, 0.1) is 0 Å². The summed E-state index contributed by atoms with van der Waals surface area (Å²) in [4.78, 5) is 34.6. The topological polar surface area (TPSA) is 105 Å². The second kappa shape index (κ2) is 8.50. The predicted octanol–water partition coefficient (Wildman–Crippen LogP) is 1.18. The minimum atomic E-state index is -0.974. The van der Waals surface area contributed by atoms with Crippen LogP contribution in [0.5, 0.6) is 5.75 Å². The Kier molecular flexibility index (Phi) is 6.68. The molecule has 0 fully saturated rings. The maximum atomic E-state index is 11.9. The van der Waals surface area contributed by atoms with Crippen molar-refractivity contribution in [2.45, 2.75) is 6.42 Å². The fourth-order valence-electron chi connectivity index (χ4n) is 1.45. The quantitative estimate of drug-likeness (QED) is 0.733. The monoisotopic (exact) mass is 310 g/mol. The van der Waals surface area contributed by atoms with Gasteiger partial charge in [-0.15, -0.1) is 0 Å². The van der Waals surface area contributed by atoms with Crippen molar-refractivity contribution in [3.63, 3.8) is 0 Å². The van der Waals surface area contributed by atoms with Crippen molar-refractivity contribution in [2.24, 2.45) is 0 Å². The standard InChI is InChI=1S/C14H18N2O6/c1-16(7-6-12(17)18)14(20)15-10-4-3-5-11(8-10)22-9-13(19)21-2/h3-5,8H,6-7,9H2,1-2H3,(H,15,20)(H,17,18). The molecule has 120 valence electrons. The lowest BCUT2D eigenvalue weighted by molar-refractivity contribution is -0.143.